The number of benzene rings is 2. The van der Waals surface area contributed by atoms with Crippen LogP contribution in [0.1, 0.15) is 16.8 Å². The third-order valence-electron chi connectivity index (χ3n) is 6.87. The molecule has 4 unspecified atom stereocenters. The van der Waals surface area contributed by atoms with Gasteiger partial charge < -0.3 is 41.9 Å². The van der Waals surface area contributed by atoms with Gasteiger partial charge in [-0.3, -0.25) is 14.4 Å². The third-order valence-corrected chi connectivity index (χ3v) is 7.23. The molecule has 4 rings (SSSR count). The molecule has 0 saturated heterocycles. The Kier molecular flexibility index (Phi) is 10.4. The summed E-state index contributed by atoms with van der Waals surface area (Å²) in [7, 11) is 0. The number of nitrogens with two attached hydrogens (primary N) is 1. The van der Waals surface area contributed by atoms with Crippen molar-refractivity contribution < 1.29 is 29.4 Å². The van der Waals surface area contributed by atoms with Crippen molar-refractivity contribution in [1.82, 2.24) is 30.9 Å². The first-order valence-corrected chi connectivity index (χ1v) is 14.1. The number of nitrogens with one attached hydrogen (secondary N) is 5. The van der Waals surface area contributed by atoms with Crippen molar-refractivity contribution in [3.63, 3.8) is 0 Å². The summed E-state index contributed by atoms with van der Waals surface area (Å²) in [4.78, 5) is 61.4. The van der Waals surface area contributed by atoms with E-state index in [1.165, 1.54) is 24.7 Å². The van der Waals surface area contributed by atoms with Gasteiger partial charge in [0.2, 0.25) is 17.7 Å². The van der Waals surface area contributed by atoms with Gasteiger partial charge >= 0.3 is 5.97 Å². The summed E-state index contributed by atoms with van der Waals surface area (Å²) in [5.41, 5.74) is 8.90. The van der Waals surface area contributed by atoms with Crippen molar-refractivity contribution in [1.29, 1.82) is 0 Å². The van der Waals surface area contributed by atoms with E-state index in [1.54, 1.807) is 18.3 Å². The summed E-state index contributed by atoms with van der Waals surface area (Å²) in [6.07, 6.45) is 4.79. The minimum absolute atomic E-state index is 0.00967. The van der Waals surface area contributed by atoms with Gasteiger partial charge in [-0.2, -0.15) is 12.6 Å². The molecule has 4 aromatic rings. The van der Waals surface area contributed by atoms with Gasteiger partial charge in [-0.25, -0.2) is 9.78 Å². The van der Waals surface area contributed by atoms with Crippen molar-refractivity contribution in [3.05, 3.63) is 84.1 Å². The molecule has 0 aliphatic heterocycles. The number of aromatic amines is 2. The van der Waals surface area contributed by atoms with Crippen LogP contribution < -0.4 is 21.7 Å². The van der Waals surface area contributed by atoms with Crippen LogP contribution in [0.2, 0.25) is 0 Å². The predicted molar refractivity (Wildman–Crippen MR) is 161 cm³/mol. The fourth-order valence-corrected chi connectivity index (χ4v) is 4.80. The van der Waals surface area contributed by atoms with Crippen LogP contribution in [-0.2, 0) is 38.4 Å². The molecule has 43 heavy (non-hydrogen) atoms. The average molecular weight is 608 g/mol. The van der Waals surface area contributed by atoms with Gasteiger partial charge in [-0.1, -0.05) is 30.3 Å². The van der Waals surface area contributed by atoms with Gasteiger partial charge in [0, 0.05) is 47.6 Å². The Bertz CT molecular complexity index is 1560. The lowest BCUT2D eigenvalue weighted by Gasteiger charge is -2.24. The first-order chi connectivity index (χ1) is 20.6. The zero-order valence-electron chi connectivity index (χ0n) is 23.0. The Morgan fingerprint density at radius 3 is 2.21 bits per heavy atom. The van der Waals surface area contributed by atoms with E-state index < -0.39 is 47.9 Å². The second kappa shape index (κ2) is 14.4. The number of carbonyl (C=O) groups excluding carboxylic acids is 3. The van der Waals surface area contributed by atoms with Crippen LogP contribution >= 0.6 is 12.6 Å². The number of phenols is 1. The normalized spacial score (nSPS) is 13.9. The van der Waals surface area contributed by atoms with Crippen LogP contribution in [0, 0.1) is 0 Å². The fourth-order valence-electron chi connectivity index (χ4n) is 4.54. The smallest absolute Gasteiger partial charge is 0.326 e. The number of phenolic OH excluding ortho intramolecular Hbond substituents is 1. The number of fused-ring (bicyclic) bond motifs is 1. The molecular weight excluding hydrogens is 574 g/mol. The van der Waals surface area contributed by atoms with E-state index >= 15 is 0 Å². The molecule has 0 aliphatic carbocycles. The summed E-state index contributed by atoms with van der Waals surface area (Å²) in [5.74, 6) is -3.35. The Morgan fingerprint density at radius 2 is 1.53 bits per heavy atom. The number of thiol groups is 1. The van der Waals surface area contributed by atoms with Gasteiger partial charge in [0.25, 0.3) is 0 Å². The molecule has 2 aromatic carbocycles. The standard InChI is InChI=1S/C29H33N7O6S/c30-21(9-16-5-7-19(37)8-6-16)26(38)34-23(11-18-13-31-15-33-18)27(39)36-25(14-43)28(40)35-24(29(41)42)10-17-12-32-22-4-2-1-3-20(17)22/h1-8,12-13,15,21,23-25,32,37,43H,9-11,14,30H2,(H,31,33)(H,34,38)(H,35,40)(H,36,39)(H,41,42). The molecule has 0 aliphatic rings. The van der Waals surface area contributed by atoms with Crippen molar-refractivity contribution >= 4 is 47.2 Å². The van der Waals surface area contributed by atoms with Crippen LogP contribution in [-0.4, -0.2) is 78.8 Å². The van der Waals surface area contributed by atoms with Gasteiger partial charge in [0.15, 0.2) is 0 Å². The van der Waals surface area contributed by atoms with Crippen LogP contribution in [0.3, 0.4) is 0 Å². The first kappa shape index (κ1) is 31.1. The van der Waals surface area contributed by atoms with Gasteiger partial charge in [0.1, 0.15) is 23.9 Å². The molecule has 2 aromatic heterocycles. The molecule has 0 spiro atoms. The maximum absolute atomic E-state index is 13.4. The number of aromatic nitrogens is 3. The highest BCUT2D eigenvalue weighted by atomic mass is 32.1. The number of aromatic hydroxyl groups is 1. The molecule has 0 fully saturated rings. The van der Waals surface area contributed by atoms with E-state index in [2.05, 4.69) is 43.5 Å². The molecule has 9 N–H and O–H groups in total. The zero-order valence-corrected chi connectivity index (χ0v) is 23.9. The van der Waals surface area contributed by atoms with Crippen LogP contribution in [0.4, 0.5) is 0 Å². The monoisotopic (exact) mass is 607 g/mol. The maximum atomic E-state index is 13.4. The first-order valence-electron chi connectivity index (χ1n) is 13.4. The number of carboxylic acid groups (broad SMARTS) is 1. The molecule has 0 radical (unpaired) electrons. The van der Waals surface area contributed by atoms with E-state index in [0.29, 0.717) is 16.8 Å². The molecule has 4 atom stereocenters. The summed E-state index contributed by atoms with van der Waals surface area (Å²) in [6.45, 7) is 0. The SMILES string of the molecule is NC(Cc1ccc(O)cc1)C(=O)NC(Cc1cnc[nH]1)C(=O)NC(CS)C(=O)NC(Cc1c[nH]c2ccccc12)C(=O)O. The molecule has 0 saturated carbocycles. The molecule has 13 nitrogen and oxygen atoms in total. The van der Waals surface area contributed by atoms with E-state index in [0.717, 1.165) is 10.9 Å². The topological polar surface area (TPSA) is 215 Å². The number of para-hydroxylation sites is 1. The van der Waals surface area contributed by atoms with Crippen LogP contribution in [0.5, 0.6) is 5.75 Å². The summed E-state index contributed by atoms with van der Waals surface area (Å²) in [6, 6.07) is 9.00. The summed E-state index contributed by atoms with van der Waals surface area (Å²) >= 11 is 4.19. The number of nitrogens with zero attached hydrogens (tertiary/aromatic N) is 1. The molecule has 3 amide bonds. The predicted octanol–water partition coefficient (Wildman–Crippen LogP) is 0.421. The third kappa shape index (κ3) is 8.36. The number of H-pyrrole nitrogens is 2. The van der Waals surface area contributed by atoms with Gasteiger partial charge in [0.05, 0.1) is 12.4 Å². The van der Waals surface area contributed by atoms with Gasteiger partial charge in [-0.15, -0.1) is 0 Å². The highest BCUT2D eigenvalue weighted by molar-refractivity contribution is 7.80. The summed E-state index contributed by atoms with van der Waals surface area (Å²) < 4.78 is 0. The molecule has 226 valence electrons. The number of amides is 3. The Balaban J connectivity index is 1.42. The Morgan fingerprint density at radius 1 is 0.860 bits per heavy atom. The minimum Gasteiger partial charge on any atom is -0.508 e. The van der Waals surface area contributed by atoms with Crippen LogP contribution in [0.15, 0.2) is 67.3 Å². The van der Waals surface area contributed by atoms with Crippen molar-refractivity contribution in [2.75, 3.05) is 5.75 Å². The second-order valence-corrected chi connectivity index (χ2v) is 10.4. The van der Waals surface area contributed by atoms with E-state index in [9.17, 15) is 29.4 Å². The lowest BCUT2D eigenvalue weighted by molar-refractivity contribution is -0.142. The number of rotatable bonds is 14. The van der Waals surface area contributed by atoms with Crippen molar-refractivity contribution in [2.45, 2.75) is 43.4 Å². The number of hydrogen-bond acceptors (Lipinski definition) is 8. The highest BCUT2D eigenvalue weighted by Crippen LogP contribution is 2.19. The number of carboxylic acids is 1. The second-order valence-electron chi connectivity index (χ2n) is 10.0. The zero-order chi connectivity index (χ0) is 30.9. The lowest BCUT2D eigenvalue weighted by atomic mass is 10.0. The Labute approximate surface area is 252 Å². The molecular formula is C29H33N7O6S. The number of imidazole rings is 1. The number of carbonyl (C=O) groups is 4. The largest absolute Gasteiger partial charge is 0.508 e. The molecule has 14 heteroatoms. The van der Waals surface area contributed by atoms with Gasteiger partial charge in [-0.05, 0) is 35.7 Å². The summed E-state index contributed by atoms with van der Waals surface area (Å²) in [5, 5.41) is 27.8. The van der Waals surface area contributed by atoms with E-state index in [1.807, 2.05) is 24.3 Å². The quantitative estimate of drug-likeness (QED) is 0.0914. The highest BCUT2D eigenvalue weighted by Gasteiger charge is 2.30. The van der Waals surface area contributed by atoms with Crippen molar-refractivity contribution in [2.24, 2.45) is 5.73 Å². The van der Waals surface area contributed by atoms with E-state index in [4.69, 9.17) is 5.73 Å². The average Bonchev–Trinajstić information content (AvgIpc) is 3.66. The lowest BCUT2D eigenvalue weighted by Crippen LogP contribution is -2.58. The molecule has 2 heterocycles. The van der Waals surface area contributed by atoms with E-state index in [-0.39, 0.29) is 30.8 Å². The van der Waals surface area contributed by atoms with Crippen LogP contribution in [0.25, 0.3) is 10.9 Å². The molecule has 0 bridgehead atoms. The fraction of sp³-hybridized carbons (Fsp3) is 0.276. The Hall–Kier alpha value is -4.82. The number of aliphatic carboxylic acids is 1. The number of hydrogen-bond donors (Lipinski definition) is 9. The minimum atomic E-state index is -1.27. The van der Waals surface area contributed by atoms with Crippen molar-refractivity contribution in [3.8, 4) is 5.75 Å². The maximum Gasteiger partial charge on any atom is 0.326 e.